The van der Waals surface area contributed by atoms with Gasteiger partial charge in [-0.05, 0) is 73.8 Å². The predicted molar refractivity (Wildman–Crippen MR) is 102 cm³/mol. The number of rotatable bonds is 5. The first-order chi connectivity index (χ1) is 13.4. The van der Waals surface area contributed by atoms with Crippen molar-refractivity contribution in [1.29, 1.82) is 0 Å². The lowest BCUT2D eigenvalue weighted by molar-refractivity contribution is 0.0724. The van der Waals surface area contributed by atoms with Gasteiger partial charge in [0.05, 0.1) is 0 Å². The van der Waals surface area contributed by atoms with E-state index in [1.165, 1.54) is 30.7 Å². The van der Waals surface area contributed by atoms with E-state index in [9.17, 15) is 18.0 Å². The van der Waals surface area contributed by atoms with Crippen LogP contribution in [0.5, 0.6) is 5.75 Å². The number of carbonyl (C=O) groups is 1. The Labute approximate surface area is 163 Å². The van der Waals surface area contributed by atoms with Gasteiger partial charge in [0.15, 0.2) is 0 Å². The number of carbonyl (C=O) groups excluding carboxylic acids is 1. The van der Waals surface area contributed by atoms with Crippen LogP contribution in [0.25, 0.3) is 0 Å². The number of benzene rings is 2. The molecule has 2 aromatic rings. The summed E-state index contributed by atoms with van der Waals surface area (Å²) < 4.78 is 47.6. The largest absolute Gasteiger partial charge is 0.423 e. The maximum Gasteiger partial charge on any atom is 0.349 e. The minimum atomic E-state index is -1.17. The third-order valence-corrected chi connectivity index (χ3v) is 5.64. The van der Waals surface area contributed by atoms with Gasteiger partial charge in [-0.3, -0.25) is 0 Å². The summed E-state index contributed by atoms with van der Waals surface area (Å²) in [6.07, 6.45) is 6.27. The van der Waals surface area contributed by atoms with Gasteiger partial charge in [0.1, 0.15) is 28.8 Å². The molecule has 0 N–H and O–H groups in total. The predicted octanol–water partition coefficient (Wildman–Crippen LogP) is 6.71. The van der Waals surface area contributed by atoms with Gasteiger partial charge >= 0.3 is 5.97 Å². The number of hydrogen-bond acceptors (Lipinski definition) is 2. The van der Waals surface area contributed by atoms with Gasteiger partial charge in [-0.2, -0.15) is 0 Å². The number of hydrogen-bond donors (Lipinski definition) is 0. The Hall–Kier alpha value is -2.30. The highest BCUT2D eigenvalue weighted by atomic mass is 19.1. The van der Waals surface area contributed by atoms with Gasteiger partial charge in [-0.25, -0.2) is 18.0 Å². The summed E-state index contributed by atoms with van der Waals surface area (Å²) in [5, 5.41) is 0. The molecule has 1 fully saturated rings. The van der Waals surface area contributed by atoms with Gasteiger partial charge in [-0.1, -0.05) is 25.8 Å². The van der Waals surface area contributed by atoms with Crippen molar-refractivity contribution in [2.75, 3.05) is 0 Å². The Bertz CT molecular complexity index is 832. The summed E-state index contributed by atoms with van der Waals surface area (Å²) in [7, 11) is 0. The molecule has 2 aromatic carbocycles. The van der Waals surface area contributed by atoms with E-state index in [-0.39, 0.29) is 11.7 Å². The summed E-state index contributed by atoms with van der Waals surface area (Å²) in [5.41, 5.74) is 0.224. The molecule has 1 saturated carbocycles. The molecular weight excluding hydrogens is 365 g/mol. The van der Waals surface area contributed by atoms with Crippen LogP contribution in [0, 0.1) is 30.3 Å². The number of esters is 1. The summed E-state index contributed by atoms with van der Waals surface area (Å²) in [5.74, 6) is -2.90. The first-order valence-electron chi connectivity index (χ1n) is 9.86. The molecule has 0 aliphatic heterocycles. The molecule has 150 valence electrons. The van der Waals surface area contributed by atoms with Gasteiger partial charge in [-0.15, -0.1) is 0 Å². The van der Waals surface area contributed by atoms with E-state index >= 15 is 0 Å². The van der Waals surface area contributed by atoms with Crippen molar-refractivity contribution in [2.24, 2.45) is 5.92 Å². The zero-order valence-electron chi connectivity index (χ0n) is 16.2. The molecule has 0 radical (unpaired) electrons. The third kappa shape index (κ3) is 4.57. The fourth-order valence-corrected chi connectivity index (χ4v) is 4.01. The lowest BCUT2D eigenvalue weighted by Crippen LogP contribution is -2.16. The van der Waals surface area contributed by atoms with E-state index in [0.29, 0.717) is 17.0 Å². The lowest BCUT2D eigenvalue weighted by Gasteiger charge is -2.28. The molecule has 0 atom stereocenters. The molecule has 0 aromatic heterocycles. The molecule has 3 rings (SSSR count). The van der Waals surface area contributed by atoms with Crippen LogP contribution >= 0.6 is 0 Å². The van der Waals surface area contributed by atoms with Crippen LogP contribution in [-0.2, 0) is 0 Å². The van der Waals surface area contributed by atoms with Crippen molar-refractivity contribution in [1.82, 2.24) is 0 Å². The van der Waals surface area contributed by atoms with Gasteiger partial charge < -0.3 is 4.74 Å². The molecule has 1 aliphatic carbocycles. The number of ether oxygens (including phenoxy) is 1. The average molecular weight is 390 g/mol. The molecule has 0 bridgehead atoms. The summed E-state index contributed by atoms with van der Waals surface area (Å²) in [6, 6.07) is 6.31. The standard InChI is InChI=1S/C23H25F3O2/c1-3-4-15-6-8-16(9-7-15)17-11-20(25)22(21(26)12-17)23(27)28-18-10-5-14(2)19(24)13-18/h5,10-13,15-16H,3-4,6-9H2,1-2H3. The third-order valence-electron chi connectivity index (χ3n) is 5.64. The van der Waals surface area contributed by atoms with Crippen molar-refractivity contribution < 1.29 is 22.7 Å². The fraction of sp³-hybridized carbons (Fsp3) is 0.435. The van der Waals surface area contributed by atoms with Gasteiger partial charge in [0.25, 0.3) is 0 Å². The normalized spacial score (nSPS) is 19.5. The maximum atomic E-state index is 14.5. The molecule has 0 spiro atoms. The Morgan fingerprint density at radius 2 is 1.64 bits per heavy atom. The number of halogens is 3. The minimum Gasteiger partial charge on any atom is -0.423 e. The van der Waals surface area contributed by atoms with Crippen LogP contribution in [0.3, 0.4) is 0 Å². The molecule has 0 unspecified atom stereocenters. The van der Waals surface area contributed by atoms with E-state index in [2.05, 4.69) is 6.92 Å². The quantitative estimate of drug-likeness (QED) is 0.419. The first kappa shape index (κ1) is 20.4. The zero-order valence-corrected chi connectivity index (χ0v) is 16.2. The lowest BCUT2D eigenvalue weighted by atomic mass is 9.77. The molecule has 0 saturated heterocycles. The highest BCUT2D eigenvalue weighted by Crippen LogP contribution is 2.38. The fourth-order valence-electron chi connectivity index (χ4n) is 4.01. The maximum absolute atomic E-state index is 14.5. The van der Waals surface area contributed by atoms with E-state index < -0.39 is 29.0 Å². The second-order valence-corrected chi connectivity index (χ2v) is 7.67. The van der Waals surface area contributed by atoms with Crippen molar-refractivity contribution >= 4 is 5.97 Å². The van der Waals surface area contributed by atoms with Crippen LogP contribution in [-0.4, -0.2) is 5.97 Å². The molecule has 0 amide bonds. The number of aryl methyl sites for hydroxylation is 1. The average Bonchev–Trinajstić information content (AvgIpc) is 2.65. The second kappa shape index (κ2) is 8.80. The highest BCUT2D eigenvalue weighted by Gasteiger charge is 2.26. The highest BCUT2D eigenvalue weighted by molar-refractivity contribution is 5.91. The van der Waals surface area contributed by atoms with Gasteiger partial charge in [0, 0.05) is 6.07 Å². The van der Waals surface area contributed by atoms with Crippen LogP contribution in [0.2, 0.25) is 0 Å². The molecule has 5 heteroatoms. The molecule has 28 heavy (non-hydrogen) atoms. The van der Waals surface area contributed by atoms with E-state index in [1.54, 1.807) is 6.92 Å². The molecule has 2 nitrogen and oxygen atoms in total. The summed E-state index contributed by atoms with van der Waals surface area (Å²) in [6.45, 7) is 3.73. The van der Waals surface area contributed by atoms with Crippen LogP contribution < -0.4 is 4.74 Å². The first-order valence-corrected chi connectivity index (χ1v) is 9.86. The molecule has 0 heterocycles. The Balaban J connectivity index is 1.74. The second-order valence-electron chi connectivity index (χ2n) is 7.67. The monoisotopic (exact) mass is 390 g/mol. The van der Waals surface area contributed by atoms with Crippen molar-refractivity contribution in [3.63, 3.8) is 0 Å². The van der Waals surface area contributed by atoms with Crippen LogP contribution in [0.4, 0.5) is 13.2 Å². The smallest absolute Gasteiger partial charge is 0.349 e. The van der Waals surface area contributed by atoms with Crippen LogP contribution in [0.15, 0.2) is 30.3 Å². The Morgan fingerprint density at radius 1 is 1.00 bits per heavy atom. The summed E-state index contributed by atoms with van der Waals surface area (Å²) in [4.78, 5) is 12.2. The van der Waals surface area contributed by atoms with E-state index in [0.717, 1.165) is 38.2 Å². The van der Waals surface area contributed by atoms with Crippen molar-refractivity contribution in [3.05, 3.63) is 64.5 Å². The zero-order chi connectivity index (χ0) is 20.3. The van der Waals surface area contributed by atoms with E-state index in [1.807, 2.05) is 0 Å². The summed E-state index contributed by atoms with van der Waals surface area (Å²) >= 11 is 0. The molecule has 1 aliphatic rings. The van der Waals surface area contributed by atoms with Crippen LogP contribution in [0.1, 0.15) is 72.9 Å². The topological polar surface area (TPSA) is 26.3 Å². The van der Waals surface area contributed by atoms with Gasteiger partial charge in [0.2, 0.25) is 0 Å². The van der Waals surface area contributed by atoms with E-state index in [4.69, 9.17) is 4.74 Å². The van der Waals surface area contributed by atoms with Crippen molar-refractivity contribution in [3.8, 4) is 5.75 Å². The molecular formula is C23H25F3O2. The SMILES string of the molecule is CCCC1CCC(c2cc(F)c(C(=O)Oc3ccc(C)c(F)c3)c(F)c2)CC1. The minimum absolute atomic E-state index is 0.0924. The Kier molecular flexibility index (Phi) is 6.42. The Morgan fingerprint density at radius 3 is 2.21 bits per heavy atom. The van der Waals surface area contributed by atoms with Crippen molar-refractivity contribution in [2.45, 2.75) is 58.3 Å².